The van der Waals surface area contributed by atoms with E-state index >= 15 is 0 Å². The van der Waals surface area contributed by atoms with Gasteiger partial charge >= 0.3 is 0 Å². The van der Waals surface area contributed by atoms with Crippen molar-refractivity contribution in [1.29, 1.82) is 0 Å². The lowest BCUT2D eigenvalue weighted by Gasteiger charge is -2.32. The van der Waals surface area contributed by atoms with Gasteiger partial charge in [-0.3, -0.25) is 9.59 Å². The molecule has 2 aromatic rings. The third-order valence-corrected chi connectivity index (χ3v) is 4.80. The summed E-state index contributed by atoms with van der Waals surface area (Å²) >= 11 is 0. The van der Waals surface area contributed by atoms with Crippen molar-refractivity contribution in [2.45, 2.75) is 46.6 Å². The van der Waals surface area contributed by atoms with Crippen LogP contribution in [0.5, 0.6) is 0 Å². The maximum absolute atomic E-state index is 13.0. The lowest BCUT2D eigenvalue weighted by atomic mass is 9.96. The molecule has 0 spiro atoms. The molecular formula is C20H26N2O3. The Kier molecular flexibility index (Phi) is 4.84. The third kappa shape index (κ3) is 3.55. The Bertz CT molecular complexity index is 807. The molecule has 134 valence electrons. The van der Waals surface area contributed by atoms with E-state index in [-0.39, 0.29) is 23.8 Å². The van der Waals surface area contributed by atoms with Crippen molar-refractivity contribution in [3.05, 3.63) is 35.1 Å². The van der Waals surface area contributed by atoms with Crippen molar-refractivity contribution in [3.8, 4) is 0 Å². The van der Waals surface area contributed by atoms with Crippen LogP contribution in [0.15, 0.2) is 22.6 Å². The summed E-state index contributed by atoms with van der Waals surface area (Å²) in [6, 6.07) is 6.04. The number of amides is 2. The van der Waals surface area contributed by atoms with Crippen LogP contribution >= 0.6 is 0 Å². The highest BCUT2D eigenvalue weighted by Crippen LogP contribution is 2.28. The van der Waals surface area contributed by atoms with Gasteiger partial charge in [0.1, 0.15) is 5.58 Å². The summed E-state index contributed by atoms with van der Waals surface area (Å²) < 4.78 is 5.84. The molecule has 1 fully saturated rings. The van der Waals surface area contributed by atoms with E-state index in [1.165, 1.54) is 0 Å². The quantitative estimate of drug-likeness (QED) is 0.929. The van der Waals surface area contributed by atoms with Crippen LogP contribution in [0, 0.1) is 19.8 Å². The van der Waals surface area contributed by atoms with E-state index in [1.54, 1.807) is 4.90 Å². The molecule has 5 heteroatoms. The first-order chi connectivity index (χ1) is 11.9. The highest BCUT2D eigenvalue weighted by molar-refractivity contribution is 5.99. The molecular weight excluding hydrogens is 316 g/mol. The second-order valence-electron chi connectivity index (χ2n) is 7.31. The van der Waals surface area contributed by atoms with Gasteiger partial charge in [-0.05, 0) is 52.7 Å². The van der Waals surface area contributed by atoms with Crippen LogP contribution in [0.4, 0.5) is 0 Å². The normalized spacial score (nSPS) is 18.0. The van der Waals surface area contributed by atoms with Crippen LogP contribution < -0.4 is 5.32 Å². The maximum Gasteiger partial charge on any atom is 0.289 e. The summed E-state index contributed by atoms with van der Waals surface area (Å²) in [6.07, 6.45) is 1.65. The van der Waals surface area contributed by atoms with Gasteiger partial charge in [-0.2, -0.15) is 0 Å². The van der Waals surface area contributed by atoms with Gasteiger partial charge in [0.2, 0.25) is 5.91 Å². The van der Waals surface area contributed by atoms with Gasteiger partial charge in [-0.1, -0.05) is 11.6 Å². The zero-order chi connectivity index (χ0) is 18.1. The van der Waals surface area contributed by atoms with Crippen molar-refractivity contribution >= 4 is 22.8 Å². The average Bonchev–Trinajstić information content (AvgIpc) is 2.90. The SMILES string of the molecule is Cc1ccc2oc(C(=O)N3CCCC(C(=O)NC(C)C)C3)c(C)c2c1. The molecule has 1 atom stereocenters. The first-order valence-corrected chi connectivity index (χ1v) is 8.96. The maximum atomic E-state index is 13.0. The predicted molar refractivity (Wildman–Crippen MR) is 97.6 cm³/mol. The first kappa shape index (κ1) is 17.5. The second-order valence-corrected chi connectivity index (χ2v) is 7.31. The van der Waals surface area contributed by atoms with Gasteiger partial charge in [0, 0.05) is 30.1 Å². The summed E-state index contributed by atoms with van der Waals surface area (Å²) in [5.74, 6) is 0.162. The van der Waals surface area contributed by atoms with E-state index in [0.29, 0.717) is 18.8 Å². The second kappa shape index (κ2) is 6.90. The number of carbonyl (C=O) groups is 2. The minimum atomic E-state index is -0.146. The molecule has 2 amide bonds. The lowest BCUT2D eigenvalue weighted by molar-refractivity contribution is -0.126. The fourth-order valence-corrected chi connectivity index (χ4v) is 3.46. The fourth-order valence-electron chi connectivity index (χ4n) is 3.46. The smallest absolute Gasteiger partial charge is 0.289 e. The molecule has 3 rings (SSSR count). The number of nitrogens with zero attached hydrogens (tertiary/aromatic N) is 1. The number of hydrogen-bond donors (Lipinski definition) is 1. The zero-order valence-electron chi connectivity index (χ0n) is 15.4. The Morgan fingerprint density at radius 2 is 2.04 bits per heavy atom. The van der Waals surface area contributed by atoms with Crippen LogP contribution in [0.25, 0.3) is 11.0 Å². The van der Waals surface area contributed by atoms with E-state index in [1.807, 2.05) is 45.9 Å². The monoisotopic (exact) mass is 342 g/mol. The van der Waals surface area contributed by atoms with E-state index in [4.69, 9.17) is 4.42 Å². The molecule has 1 N–H and O–H groups in total. The van der Waals surface area contributed by atoms with Crippen molar-refractivity contribution in [2.24, 2.45) is 5.92 Å². The topological polar surface area (TPSA) is 62.6 Å². The minimum Gasteiger partial charge on any atom is -0.451 e. The fraction of sp³-hybridized carbons (Fsp3) is 0.500. The number of fused-ring (bicyclic) bond motifs is 1. The van der Waals surface area contributed by atoms with Crippen LogP contribution in [0.1, 0.15) is 48.4 Å². The Hall–Kier alpha value is -2.30. The molecule has 1 aromatic heterocycles. The van der Waals surface area contributed by atoms with Crippen LogP contribution in [0.2, 0.25) is 0 Å². The number of benzene rings is 1. The van der Waals surface area contributed by atoms with Crippen molar-refractivity contribution < 1.29 is 14.0 Å². The highest BCUT2D eigenvalue weighted by atomic mass is 16.3. The Balaban J connectivity index is 1.81. The molecule has 0 bridgehead atoms. The first-order valence-electron chi connectivity index (χ1n) is 8.96. The molecule has 1 aliphatic heterocycles. The molecule has 0 radical (unpaired) electrons. The van der Waals surface area contributed by atoms with Crippen molar-refractivity contribution in [1.82, 2.24) is 10.2 Å². The molecule has 5 nitrogen and oxygen atoms in total. The predicted octanol–water partition coefficient (Wildman–Crippen LogP) is 3.43. The number of hydrogen-bond acceptors (Lipinski definition) is 3. The number of carbonyl (C=O) groups excluding carboxylic acids is 2. The number of aryl methyl sites for hydroxylation is 2. The van der Waals surface area contributed by atoms with Crippen LogP contribution in [0.3, 0.4) is 0 Å². The van der Waals surface area contributed by atoms with E-state index in [9.17, 15) is 9.59 Å². The van der Waals surface area contributed by atoms with Crippen molar-refractivity contribution in [2.75, 3.05) is 13.1 Å². The number of piperidine rings is 1. The summed E-state index contributed by atoms with van der Waals surface area (Å²) in [4.78, 5) is 27.0. The molecule has 25 heavy (non-hydrogen) atoms. The van der Waals surface area contributed by atoms with Gasteiger partial charge < -0.3 is 14.6 Å². The number of furan rings is 1. The average molecular weight is 342 g/mol. The molecule has 1 aromatic carbocycles. The van der Waals surface area contributed by atoms with E-state index in [0.717, 1.165) is 34.9 Å². The van der Waals surface area contributed by atoms with Crippen molar-refractivity contribution in [3.63, 3.8) is 0 Å². The van der Waals surface area contributed by atoms with E-state index < -0.39 is 0 Å². The Labute approximate surface area is 148 Å². The number of rotatable bonds is 3. The van der Waals surface area contributed by atoms with Gasteiger partial charge in [0.05, 0.1) is 5.92 Å². The molecule has 1 unspecified atom stereocenters. The van der Waals surface area contributed by atoms with Gasteiger partial charge in [-0.25, -0.2) is 0 Å². The van der Waals surface area contributed by atoms with Crippen LogP contribution in [-0.2, 0) is 4.79 Å². The Morgan fingerprint density at radius 3 is 2.76 bits per heavy atom. The molecule has 2 heterocycles. The largest absolute Gasteiger partial charge is 0.451 e. The summed E-state index contributed by atoms with van der Waals surface area (Å²) in [5.41, 5.74) is 2.74. The van der Waals surface area contributed by atoms with Gasteiger partial charge in [0.25, 0.3) is 5.91 Å². The number of likely N-dealkylation sites (tertiary alicyclic amines) is 1. The van der Waals surface area contributed by atoms with E-state index in [2.05, 4.69) is 5.32 Å². The standard InChI is InChI=1S/C20H26N2O3/c1-12(2)21-19(23)15-6-5-9-22(11-15)20(24)18-14(4)16-10-13(3)7-8-17(16)25-18/h7-8,10,12,15H,5-6,9,11H2,1-4H3,(H,21,23). The van der Waals surface area contributed by atoms with Gasteiger partial charge in [-0.15, -0.1) is 0 Å². The molecule has 0 aliphatic carbocycles. The third-order valence-electron chi connectivity index (χ3n) is 4.80. The molecule has 1 aliphatic rings. The molecule has 0 saturated carbocycles. The van der Waals surface area contributed by atoms with Crippen LogP contribution in [-0.4, -0.2) is 35.8 Å². The zero-order valence-corrected chi connectivity index (χ0v) is 15.4. The highest BCUT2D eigenvalue weighted by Gasteiger charge is 2.31. The summed E-state index contributed by atoms with van der Waals surface area (Å²) in [7, 11) is 0. The summed E-state index contributed by atoms with van der Waals surface area (Å²) in [6.45, 7) is 8.96. The minimum absolute atomic E-state index is 0.0319. The number of nitrogens with one attached hydrogen (secondary N) is 1. The lowest BCUT2D eigenvalue weighted by Crippen LogP contribution is -2.46. The Morgan fingerprint density at radius 1 is 1.28 bits per heavy atom. The summed E-state index contributed by atoms with van der Waals surface area (Å²) in [5, 5.41) is 3.93. The molecule has 1 saturated heterocycles. The van der Waals surface area contributed by atoms with Gasteiger partial charge in [0.15, 0.2) is 5.76 Å².